The number of hydrogen-bond acceptors (Lipinski definition) is 3. The molecule has 0 heterocycles. The molecule has 0 bridgehead atoms. The fourth-order valence-corrected chi connectivity index (χ4v) is 0.692. The van der Waals surface area contributed by atoms with Crippen LogP contribution in [0.2, 0.25) is 0 Å². The molecule has 4 heteroatoms. The summed E-state index contributed by atoms with van der Waals surface area (Å²) >= 11 is 0. The van der Waals surface area contributed by atoms with Gasteiger partial charge in [-0.05, 0) is 12.1 Å². The molecule has 14 heavy (non-hydrogen) atoms. The van der Waals surface area contributed by atoms with Crippen molar-refractivity contribution in [3.63, 3.8) is 0 Å². The van der Waals surface area contributed by atoms with Gasteiger partial charge in [0.15, 0.2) is 0 Å². The summed E-state index contributed by atoms with van der Waals surface area (Å²) in [6.07, 6.45) is 0. The van der Waals surface area contributed by atoms with E-state index >= 15 is 0 Å². The third-order valence-electron chi connectivity index (χ3n) is 1.19. The molecule has 0 unspecified atom stereocenters. The third kappa shape index (κ3) is 5.77. The lowest BCUT2D eigenvalue weighted by Crippen LogP contribution is -1.99. The molecule has 1 aromatic rings. The first-order valence-electron chi connectivity index (χ1n) is 3.90. The minimum absolute atomic E-state index is 0.291. The highest BCUT2D eigenvalue weighted by Crippen LogP contribution is 1.98. The van der Waals surface area contributed by atoms with E-state index in [2.05, 4.69) is 4.74 Å². The quantitative estimate of drug-likeness (QED) is 0.692. The minimum Gasteiger partial charge on any atom is -0.481 e. The first-order chi connectivity index (χ1) is 6.57. The van der Waals surface area contributed by atoms with Crippen LogP contribution in [0.5, 0.6) is 0 Å². The number of esters is 1. The summed E-state index contributed by atoms with van der Waals surface area (Å²) in [6, 6.07) is 8.88. The van der Waals surface area contributed by atoms with Gasteiger partial charge in [-0.3, -0.25) is 4.79 Å². The van der Waals surface area contributed by atoms with Crippen molar-refractivity contribution in [3.8, 4) is 0 Å². The molecule has 1 N–H and O–H groups in total. The van der Waals surface area contributed by atoms with E-state index in [1.54, 1.807) is 24.3 Å². The van der Waals surface area contributed by atoms with E-state index in [9.17, 15) is 4.79 Å². The van der Waals surface area contributed by atoms with Crippen LogP contribution in [0.4, 0.5) is 0 Å². The number of methoxy groups -OCH3 is 1. The van der Waals surface area contributed by atoms with Crippen LogP contribution in [0.1, 0.15) is 17.3 Å². The Balaban J connectivity index is 0.000000364. The Morgan fingerprint density at radius 1 is 1.21 bits per heavy atom. The van der Waals surface area contributed by atoms with Gasteiger partial charge in [-0.25, -0.2) is 4.79 Å². The Bertz CT molecular complexity index is 288. The summed E-state index contributed by atoms with van der Waals surface area (Å²) < 4.78 is 4.50. The van der Waals surface area contributed by atoms with Gasteiger partial charge in [0.2, 0.25) is 0 Å². The zero-order valence-electron chi connectivity index (χ0n) is 8.06. The largest absolute Gasteiger partial charge is 0.481 e. The molecular formula is C10H12O4. The highest BCUT2D eigenvalue weighted by Gasteiger charge is 2.00. The third-order valence-corrected chi connectivity index (χ3v) is 1.19. The van der Waals surface area contributed by atoms with Gasteiger partial charge in [0.05, 0.1) is 12.7 Å². The van der Waals surface area contributed by atoms with Crippen molar-refractivity contribution >= 4 is 11.9 Å². The SMILES string of the molecule is CC(=O)O.COC(=O)c1ccccc1. The molecule has 1 aromatic carbocycles. The van der Waals surface area contributed by atoms with Crippen LogP contribution < -0.4 is 0 Å². The lowest BCUT2D eigenvalue weighted by atomic mass is 10.2. The number of benzene rings is 1. The van der Waals surface area contributed by atoms with Crippen LogP contribution in [0, 0.1) is 0 Å². The van der Waals surface area contributed by atoms with Gasteiger partial charge in [0.25, 0.3) is 5.97 Å². The highest BCUT2D eigenvalue weighted by molar-refractivity contribution is 5.89. The topological polar surface area (TPSA) is 63.6 Å². The van der Waals surface area contributed by atoms with Crippen molar-refractivity contribution < 1.29 is 19.4 Å². The molecule has 0 amide bonds. The first-order valence-corrected chi connectivity index (χ1v) is 3.90. The second-order valence-corrected chi connectivity index (χ2v) is 2.38. The van der Waals surface area contributed by atoms with Gasteiger partial charge in [-0.1, -0.05) is 18.2 Å². The summed E-state index contributed by atoms with van der Waals surface area (Å²) in [5.41, 5.74) is 0.588. The summed E-state index contributed by atoms with van der Waals surface area (Å²) in [6.45, 7) is 1.08. The van der Waals surface area contributed by atoms with Gasteiger partial charge in [0, 0.05) is 6.92 Å². The first kappa shape index (κ1) is 12.2. The molecule has 0 aromatic heterocycles. The monoisotopic (exact) mass is 196 g/mol. The Kier molecular flexibility index (Phi) is 5.78. The molecule has 0 aliphatic carbocycles. The summed E-state index contributed by atoms with van der Waals surface area (Å²) in [5, 5.41) is 7.42. The number of aliphatic carboxylic acids is 1. The summed E-state index contributed by atoms with van der Waals surface area (Å²) in [5.74, 6) is -1.12. The number of hydrogen-bond donors (Lipinski definition) is 1. The predicted molar refractivity (Wildman–Crippen MR) is 51.1 cm³/mol. The van der Waals surface area contributed by atoms with Crippen molar-refractivity contribution in [2.75, 3.05) is 7.11 Å². The average Bonchev–Trinajstić information content (AvgIpc) is 2.17. The zero-order chi connectivity index (χ0) is 11.0. The van der Waals surface area contributed by atoms with Crippen LogP contribution in [-0.4, -0.2) is 24.2 Å². The van der Waals surface area contributed by atoms with Gasteiger partial charge >= 0.3 is 5.97 Å². The molecule has 0 aliphatic rings. The van der Waals surface area contributed by atoms with Crippen molar-refractivity contribution in [1.29, 1.82) is 0 Å². The molecule has 0 radical (unpaired) electrons. The van der Waals surface area contributed by atoms with Gasteiger partial charge < -0.3 is 9.84 Å². The van der Waals surface area contributed by atoms with Crippen molar-refractivity contribution in [2.24, 2.45) is 0 Å². The van der Waals surface area contributed by atoms with Crippen molar-refractivity contribution in [1.82, 2.24) is 0 Å². The Hall–Kier alpha value is -1.84. The molecule has 0 saturated heterocycles. The second-order valence-electron chi connectivity index (χ2n) is 2.38. The van der Waals surface area contributed by atoms with Crippen molar-refractivity contribution in [3.05, 3.63) is 35.9 Å². The molecule has 76 valence electrons. The van der Waals surface area contributed by atoms with Crippen molar-refractivity contribution in [2.45, 2.75) is 6.92 Å². The van der Waals surface area contributed by atoms with E-state index in [4.69, 9.17) is 9.90 Å². The lowest BCUT2D eigenvalue weighted by molar-refractivity contribution is -0.134. The normalized spacial score (nSPS) is 8.14. The smallest absolute Gasteiger partial charge is 0.337 e. The summed E-state index contributed by atoms with van der Waals surface area (Å²) in [7, 11) is 1.37. The fraction of sp³-hybridized carbons (Fsp3) is 0.200. The molecule has 0 spiro atoms. The van der Waals surface area contributed by atoms with E-state index in [0.29, 0.717) is 5.56 Å². The van der Waals surface area contributed by atoms with E-state index in [-0.39, 0.29) is 5.97 Å². The summed E-state index contributed by atoms with van der Waals surface area (Å²) in [4.78, 5) is 19.8. The number of carboxylic acids is 1. The van der Waals surface area contributed by atoms with Gasteiger partial charge in [0.1, 0.15) is 0 Å². The number of rotatable bonds is 1. The standard InChI is InChI=1S/C8H8O2.C2H4O2/c1-10-8(9)7-5-3-2-4-6-7;1-2(3)4/h2-6H,1H3;1H3,(H,3,4). The maximum atomic E-state index is 10.8. The fourth-order valence-electron chi connectivity index (χ4n) is 0.692. The number of carbonyl (C=O) groups is 2. The Morgan fingerprint density at radius 3 is 2.00 bits per heavy atom. The molecule has 0 saturated carbocycles. The van der Waals surface area contributed by atoms with Gasteiger partial charge in [-0.2, -0.15) is 0 Å². The Labute approximate surface area is 82.1 Å². The van der Waals surface area contributed by atoms with E-state index in [0.717, 1.165) is 6.92 Å². The minimum atomic E-state index is -0.833. The maximum Gasteiger partial charge on any atom is 0.337 e. The molecule has 0 fully saturated rings. The Morgan fingerprint density at radius 2 is 1.64 bits per heavy atom. The van der Waals surface area contributed by atoms with Crippen LogP contribution in [0.15, 0.2) is 30.3 Å². The number of carboxylic acid groups (broad SMARTS) is 1. The second kappa shape index (κ2) is 6.65. The number of carbonyl (C=O) groups excluding carboxylic acids is 1. The molecule has 4 nitrogen and oxygen atoms in total. The molecule has 0 atom stereocenters. The average molecular weight is 196 g/mol. The molecule has 1 rings (SSSR count). The predicted octanol–water partition coefficient (Wildman–Crippen LogP) is 1.56. The maximum absolute atomic E-state index is 10.8. The number of ether oxygens (including phenoxy) is 1. The molecular weight excluding hydrogens is 184 g/mol. The zero-order valence-corrected chi connectivity index (χ0v) is 8.06. The highest BCUT2D eigenvalue weighted by atomic mass is 16.5. The van der Waals surface area contributed by atoms with Crippen LogP contribution in [0.3, 0.4) is 0 Å². The van der Waals surface area contributed by atoms with E-state index in [1.165, 1.54) is 7.11 Å². The van der Waals surface area contributed by atoms with Crippen LogP contribution in [-0.2, 0) is 9.53 Å². The van der Waals surface area contributed by atoms with Crippen LogP contribution >= 0.6 is 0 Å². The van der Waals surface area contributed by atoms with Crippen LogP contribution in [0.25, 0.3) is 0 Å². The van der Waals surface area contributed by atoms with E-state index < -0.39 is 5.97 Å². The molecule has 0 aliphatic heterocycles. The van der Waals surface area contributed by atoms with E-state index in [1.807, 2.05) is 6.07 Å². The van der Waals surface area contributed by atoms with Gasteiger partial charge in [-0.15, -0.1) is 0 Å². The lowest BCUT2D eigenvalue weighted by Gasteiger charge is -1.95.